The number of amides is 1. The normalized spacial score (nSPS) is 10.7. The lowest BCUT2D eigenvalue weighted by molar-refractivity contribution is 0.0955. The third-order valence-corrected chi connectivity index (χ3v) is 3.99. The second-order valence-electron chi connectivity index (χ2n) is 6.12. The van der Waals surface area contributed by atoms with Crippen molar-refractivity contribution in [3.05, 3.63) is 95.3 Å². The molecule has 148 valence electrons. The van der Waals surface area contributed by atoms with E-state index in [2.05, 4.69) is 10.5 Å². The number of carbonyl (C=O) groups is 1. The summed E-state index contributed by atoms with van der Waals surface area (Å²) in [5, 5.41) is 3.95. The molecule has 5 nitrogen and oxygen atoms in total. The number of hydrogen-bond donors (Lipinski definition) is 1. The average Bonchev–Trinajstić information content (AvgIpc) is 2.74. The lowest BCUT2D eigenvalue weighted by atomic mass is 10.2. The van der Waals surface area contributed by atoms with Crippen LogP contribution in [-0.4, -0.2) is 18.7 Å². The molecule has 0 spiro atoms. The Morgan fingerprint density at radius 3 is 2.48 bits per heavy atom. The molecule has 0 aromatic heterocycles. The van der Waals surface area contributed by atoms with Crippen molar-refractivity contribution in [2.45, 2.75) is 13.5 Å². The van der Waals surface area contributed by atoms with Crippen molar-refractivity contribution in [3.63, 3.8) is 0 Å². The molecule has 3 aromatic carbocycles. The van der Waals surface area contributed by atoms with E-state index in [9.17, 15) is 9.18 Å². The Balaban J connectivity index is 1.64. The Labute approximate surface area is 168 Å². The minimum absolute atomic E-state index is 0.322. The monoisotopic (exact) mass is 392 g/mol. The van der Waals surface area contributed by atoms with E-state index in [0.29, 0.717) is 30.3 Å². The molecule has 0 unspecified atom stereocenters. The summed E-state index contributed by atoms with van der Waals surface area (Å²) in [6.45, 7) is 2.82. The summed E-state index contributed by atoms with van der Waals surface area (Å²) < 4.78 is 24.5. The number of benzene rings is 3. The van der Waals surface area contributed by atoms with Crippen LogP contribution in [-0.2, 0) is 6.61 Å². The Morgan fingerprint density at radius 2 is 1.76 bits per heavy atom. The standard InChI is InChI=1S/C23H21FN2O3/c1-2-28-22-14-18(8-13-21(22)29-16-17-6-4-3-5-7-17)15-25-26-23(27)19-9-11-20(24)12-10-19/h3-15H,2,16H2,1H3,(H,26,27)/b25-15-. The van der Waals surface area contributed by atoms with Gasteiger partial charge in [-0.2, -0.15) is 5.10 Å². The van der Waals surface area contributed by atoms with Gasteiger partial charge in [-0.15, -0.1) is 0 Å². The molecule has 1 N–H and O–H groups in total. The number of nitrogens with zero attached hydrogens (tertiary/aromatic N) is 1. The fraction of sp³-hybridized carbons (Fsp3) is 0.130. The summed E-state index contributed by atoms with van der Waals surface area (Å²) in [5.74, 6) is 0.401. The van der Waals surface area contributed by atoms with E-state index in [1.54, 1.807) is 12.1 Å². The van der Waals surface area contributed by atoms with Crippen molar-refractivity contribution in [1.29, 1.82) is 0 Å². The topological polar surface area (TPSA) is 59.9 Å². The highest BCUT2D eigenvalue weighted by atomic mass is 19.1. The molecule has 0 fully saturated rings. The van der Waals surface area contributed by atoms with Crippen LogP contribution in [0.5, 0.6) is 11.5 Å². The highest BCUT2D eigenvalue weighted by Gasteiger charge is 2.07. The van der Waals surface area contributed by atoms with Gasteiger partial charge in [-0.25, -0.2) is 9.82 Å². The molecule has 0 atom stereocenters. The van der Waals surface area contributed by atoms with Crippen LogP contribution in [0.25, 0.3) is 0 Å². The van der Waals surface area contributed by atoms with E-state index in [4.69, 9.17) is 9.47 Å². The van der Waals surface area contributed by atoms with Gasteiger partial charge in [0.1, 0.15) is 12.4 Å². The van der Waals surface area contributed by atoms with Crippen LogP contribution in [0.4, 0.5) is 4.39 Å². The lowest BCUT2D eigenvalue weighted by Crippen LogP contribution is -2.17. The molecule has 0 aliphatic rings. The predicted octanol–water partition coefficient (Wildman–Crippen LogP) is 4.57. The van der Waals surface area contributed by atoms with E-state index in [1.165, 1.54) is 30.5 Å². The van der Waals surface area contributed by atoms with E-state index in [-0.39, 0.29) is 0 Å². The summed E-state index contributed by atoms with van der Waals surface area (Å²) >= 11 is 0. The van der Waals surface area contributed by atoms with Crippen LogP contribution >= 0.6 is 0 Å². The zero-order valence-corrected chi connectivity index (χ0v) is 16.0. The minimum atomic E-state index is -0.422. The number of nitrogens with one attached hydrogen (secondary N) is 1. The van der Waals surface area contributed by atoms with Crippen LogP contribution < -0.4 is 14.9 Å². The summed E-state index contributed by atoms with van der Waals surface area (Å²) in [6, 6.07) is 20.5. The molecule has 0 heterocycles. The molecular weight excluding hydrogens is 371 g/mol. The van der Waals surface area contributed by atoms with E-state index in [0.717, 1.165) is 11.1 Å². The van der Waals surface area contributed by atoms with Crippen molar-refractivity contribution in [2.24, 2.45) is 5.10 Å². The SMILES string of the molecule is CCOc1cc(/C=N\NC(=O)c2ccc(F)cc2)ccc1OCc1ccccc1. The Morgan fingerprint density at radius 1 is 1.00 bits per heavy atom. The quantitative estimate of drug-likeness (QED) is 0.451. The van der Waals surface area contributed by atoms with E-state index >= 15 is 0 Å². The van der Waals surface area contributed by atoms with Crippen LogP contribution in [0.2, 0.25) is 0 Å². The zero-order chi connectivity index (χ0) is 20.5. The van der Waals surface area contributed by atoms with Crippen molar-refractivity contribution in [2.75, 3.05) is 6.61 Å². The molecule has 0 aliphatic carbocycles. The first kappa shape index (κ1) is 20.1. The maximum Gasteiger partial charge on any atom is 0.271 e. The molecule has 6 heteroatoms. The van der Waals surface area contributed by atoms with Gasteiger partial charge in [0.15, 0.2) is 11.5 Å². The summed E-state index contributed by atoms with van der Waals surface area (Å²) in [6.07, 6.45) is 1.50. The van der Waals surface area contributed by atoms with Crippen molar-refractivity contribution in [3.8, 4) is 11.5 Å². The van der Waals surface area contributed by atoms with Gasteiger partial charge in [-0.05, 0) is 60.5 Å². The maximum atomic E-state index is 12.9. The first-order valence-corrected chi connectivity index (χ1v) is 9.18. The third-order valence-electron chi connectivity index (χ3n) is 3.99. The van der Waals surface area contributed by atoms with E-state index < -0.39 is 11.7 Å². The first-order valence-electron chi connectivity index (χ1n) is 9.18. The molecule has 3 aromatic rings. The Kier molecular flexibility index (Phi) is 6.95. The van der Waals surface area contributed by atoms with Gasteiger partial charge < -0.3 is 9.47 Å². The van der Waals surface area contributed by atoms with Crippen LogP contribution in [0.15, 0.2) is 77.9 Å². The predicted molar refractivity (Wildman–Crippen MR) is 110 cm³/mol. The van der Waals surface area contributed by atoms with Crippen molar-refractivity contribution < 1.29 is 18.7 Å². The molecule has 0 bridgehead atoms. The van der Waals surface area contributed by atoms with Gasteiger partial charge in [-0.3, -0.25) is 4.79 Å². The number of halogens is 1. The number of hydrogen-bond acceptors (Lipinski definition) is 4. The molecule has 0 aliphatic heterocycles. The molecule has 0 radical (unpaired) electrons. The van der Waals surface area contributed by atoms with Gasteiger partial charge >= 0.3 is 0 Å². The maximum absolute atomic E-state index is 12.9. The molecular formula is C23H21FN2O3. The Hall–Kier alpha value is -3.67. The van der Waals surface area contributed by atoms with Gasteiger partial charge in [-0.1, -0.05) is 30.3 Å². The van der Waals surface area contributed by atoms with Gasteiger partial charge in [0, 0.05) is 5.56 Å². The van der Waals surface area contributed by atoms with Crippen molar-refractivity contribution in [1.82, 2.24) is 5.43 Å². The fourth-order valence-electron chi connectivity index (χ4n) is 2.56. The van der Waals surface area contributed by atoms with Crippen LogP contribution in [0.3, 0.4) is 0 Å². The van der Waals surface area contributed by atoms with Gasteiger partial charge in [0.2, 0.25) is 0 Å². The molecule has 1 amide bonds. The second-order valence-corrected chi connectivity index (χ2v) is 6.12. The van der Waals surface area contributed by atoms with E-state index in [1.807, 2.05) is 43.3 Å². The fourth-order valence-corrected chi connectivity index (χ4v) is 2.56. The number of ether oxygens (including phenoxy) is 2. The first-order chi connectivity index (χ1) is 14.2. The second kappa shape index (κ2) is 10.0. The molecule has 0 saturated carbocycles. The number of rotatable bonds is 8. The summed E-state index contributed by atoms with van der Waals surface area (Å²) in [7, 11) is 0. The highest BCUT2D eigenvalue weighted by molar-refractivity contribution is 5.94. The van der Waals surface area contributed by atoms with Crippen LogP contribution in [0, 0.1) is 5.82 Å². The summed E-state index contributed by atoms with van der Waals surface area (Å²) in [4.78, 5) is 12.0. The number of hydrazone groups is 1. The highest BCUT2D eigenvalue weighted by Crippen LogP contribution is 2.28. The molecule has 3 rings (SSSR count). The summed E-state index contributed by atoms with van der Waals surface area (Å²) in [5.41, 5.74) is 4.53. The van der Waals surface area contributed by atoms with Crippen LogP contribution in [0.1, 0.15) is 28.4 Å². The lowest BCUT2D eigenvalue weighted by Gasteiger charge is -2.12. The van der Waals surface area contributed by atoms with Gasteiger partial charge in [0.25, 0.3) is 5.91 Å². The Bertz CT molecular complexity index is 973. The largest absolute Gasteiger partial charge is 0.490 e. The van der Waals surface area contributed by atoms with Crippen molar-refractivity contribution >= 4 is 12.1 Å². The smallest absolute Gasteiger partial charge is 0.271 e. The minimum Gasteiger partial charge on any atom is -0.490 e. The average molecular weight is 392 g/mol. The molecule has 29 heavy (non-hydrogen) atoms. The van der Waals surface area contributed by atoms with Gasteiger partial charge in [0.05, 0.1) is 12.8 Å². The zero-order valence-electron chi connectivity index (χ0n) is 16.0. The third kappa shape index (κ3) is 5.90. The molecule has 0 saturated heterocycles. The number of carbonyl (C=O) groups excluding carboxylic acids is 1.